The Morgan fingerprint density at radius 1 is 1.00 bits per heavy atom. The maximum absolute atomic E-state index is 13.0. The lowest BCUT2D eigenvalue weighted by atomic mass is 9.59. The lowest BCUT2D eigenvalue weighted by molar-refractivity contribution is -0.151. The lowest BCUT2D eigenvalue weighted by Crippen LogP contribution is -2.56. The van der Waals surface area contributed by atoms with Crippen LogP contribution in [0.15, 0.2) is 24.0 Å². The fraction of sp³-hybridized carbons (Fsp3) is 0.769. The Hall–Kier alpha value is -1.98. The summed E-state index contributed by atoms with van der Waals surface area (Å²) in [5.74, 6) is -0.534. The van der Waals surface area contributed by atoms with Crippen molar-refractivity contribution in [2.24, 2.45) is 10.8 Å². The first-order valence-electron chi connectivity index (χ1n) is 12.3. The van der Waals surface area contributed by atoms with E-state index in [9.17, 15) is 9.59 Å². The third-order valence-electron chi connectivity index (χ3n) is 5.94. The molecule has 0 aromatic rings. The number of ether oxygens (including phenoxy) is 2. The lowest BCUT2D eigenvalue weighted by Gasteiger charge is -2.49. The van der Waals surface area contributed by atoms with Gasteiger partial charge in [0, 0.05) is 11.5 Å². The molecular weight excluding hydrogens is 404 g/mol. The molecule has 0 amide bonds. The van der Waals surface area contributed by atoms with Crippen LogP contribution in [0.5, 0.6) is 0 Å². The van der Waals surface area contributed by atoms with E-state index in [0.29, 0.717) is 18.9 Å². The molecule has 0 heterocycles. The van der Waals surface area contributed by atoms with Crippen molar-refractivity contribution in [1.29, 1.82) is 0 Å². The predicted molar refractivity (Wildman–Crippen MR) is 130 cm³/mol. The first-order valence-corrected chi connectivity index (χ1v) is 12.3. The Kier molecular flexibility index (Phi) is 11.9. The summed E-state index contributed by atoms with van der Waals surface area (Å²) in [6.07, 6.45) is 12.2. The summed E-state index contributed by atoms with van der Waals surface area (Å²) < 4.78 is 10.7. The molecule has 3 atom stereocenters. The van der Waals surface area contributed by atoms with Crippen molar-refractivity contribution >= 4 is 11.9 Å². The fourth-order valence-electron chi connectivity index (χ4n) is 4.97. The van der Waals surface area contributed by atoms with E-state index in [1.54, 1.807) is 0 Å². The molecule has 0 saturated heterocycles. The van der Waals surface area contributed by atoms with Gasteiger partial charge in [0.2, 0.25) is 0 Å². The normalized spacial score (nSPS) is 24.1. The third-order valence-corrected chi connectivity index (χ3v) is 5.94. The minimum Gasteiger partial charge on any atom is -0.464 e. The molecule has 6 nitrogen and oxygen atoms in total. The second-order valence-electron chi connectivity index (χ2n) is 9.91. The molecular formula is C26H46N2O4. The molecule has 0 aromatic carbocycles. The Morgan fingerprint density at radius 3 is 2.25 bits per heavy atom. The minimum atomic E-state index is -0.454. The zero-order valence-electron chi connectivity index (χ0n) is 21.4. The quantitative estimate of drug-likeness (QED) is 0.295. The van der Waals surface area contributed by atoms with Gasteiger partial charge in [0.05, 0.1) is 13.2 Å². The zero-order chi connectivity index (χ0) is 24.2. The van der Waals surface area contributed by atoms with E-state index in [4.69, 9.17) is 9.47 Å². The van der Waals surface area contributed by atoms with Gasteiger partial charge in [0.15, 0.2) is 0 Å². The molecule has 3 unspecified atom stereocenters. The molecule has 0 radical (unpaired) electrons. The van der Waals surface area contributed by atoms with E-state index in [2.05, 4.69) is 51.3 Å². The summed E-state index contributed by atoms with van der Waals surface area (Å²) >= 11 is 0. The van der Waals surface area contributed by atoms with Crippen LogP contribution in [0, 0.1) is 10.8 Å². The van der Waals surface area contributed by atoms with E-state index in [1.807, 2.05) is 26.1 Å². The first-order chi connectivity index (χ1) is 15.1. The van der Waals surface area contributed by atoms with Crippen molar-refractivity contribution in [3.8, 4) is 0 Å². The van der Waals surface area contributed by atoms with Crippen LogP contribution < -0.4 is 10.6 Å². The van der Waals surface area contributed by atoms with E-state index in [0.717, 1.165) is 44.9 Å². The number of unbranched alkanes of at least 4 members (excludes halogenated alkanes) is 2. The van der Waals surface area contributed by atoms with Gasteiger partial charge in [-0.25, -0.2) is 9.59 Å². The van der Waals surface area contributed by atoms with Crippen LogP contribution in [0.4, 0.5) is 0 Å². The number of nitrogens with one attached hydrogen (secondary N) is 2. The summed E-state index contributed by atoms with van der Waals surface area (Å²) in [5, 5.41) is 6.83. The minimum absolute atomic E-state index is 0.00521. The fourth-order valence-corrected chi connectivity index (χ4v) is 4.97. The van der Waals surface area contributed by atoms with Gasteiger partial charge >= 0.3 is 11.9 Å². The molecule has 0 spiro atoms. The van der Waals surface area contributed by atoms with Crippen molar-refractivity contribution in [3.63, 3.8) is 0 Å². The number of carbonyl (C=O) groups excluding carboxylic acids is 2. The van der Waals surface area contributed by atoms with Gasteiger partial charge in [-0.05, 0) is 57.6 Å². The van der Waals surface area contributed by atoms with Crippen molar-refractivity contribution < 1.29 is 19.1 Å². The topological polar surface area (TPSA) is 76.7 Å². The Balaban J connectivity index is 3.17. The van der Waals surface area contributed by atoms with E-state index in [1.165, 1.54) is 0 Å². The van der Waals surface area contributed by atoms with E-state index < -0.39 is 6.04 Å². The molecule has 1 saturated carbocycles. The highest BCUT2D eigenvalue weighted by molar-refractivity contribution is 5.87. The molecule has 1 aliphatic carbocycles. The maximum Gasteiger partial charge on any atom is 0.354 e. The van der Waals surface area contributed by atoms with Gasteiger partial charge in [-0.15, -0.1) is 0 Å². The van der Waals surface area contributed by atoms with Gasteiger partial charge in [-0.3, -0.25) is 0 Å². The molecule has 1 fully saturated rings. The summed E-state index contributed by atoms with van der Waals surface area (Å²) in [4.78, 5) is 25.5. The third kappa shape index (κ3) is 8.87. The van der Waals surface area contributed by atoms with Crippen molar-refractivity contribution in [2.45, 2.75) is 105 Å². The summed E-state index contributed by atoms with van der Waals surface area (Å²) in [7, 11) is 0. The smallest absolute Gasteiger partial charge is 0.354 e. The average molecular weight is 451 g/mol. The highest BCUT2D eigenvalue weighted by Gasteiger charge is 2.48. The summed E-state index contributed by atoms with van der Waals surface area (Å²) in [6, 6.07) is -0.403. The number of hydrogen-bond donors (Lipinski definition) is 2. The van der Waals surface area contributed by atoms with Gasteiger partial charge in [0.1, 0.15) is 11.7 Å². The number of rotatable bonds is 13. The van der Waals surface area contributed by atoms with Crippen LogP contribution in [0.2, 0.25) is 0 Å². The van der Waals surface area contributed by atoms with Crippen LogP contribution in [0.3, 0.4) is 0 Å². The van der Waals surface area contributed by atoms with E-state index in [-0.39, 0.29) is 28.8 Å². The van der Waals surface area contributed by atoms with Gasteiger partial charge in [-0.1, -0.05) is 59.6 Å². The Bertz CT molecular complexity index is 656. The van der Waals surface area contributed by atoms with Gasteiger partial charge in [-0.2, -0.15) is 0 Å². The van der Waals surface area contributed by atoms with E-state index >= 15 is 0 Å². The monoisotopic (exact) mass is 450 g/mol. The number of esters is 2. The van der Waals surface area contributed by atoms with Crippen LogP contribution in [-0.2, 0) is 19.1 Å². The second-order valence-corrected chi connectivity index (χ2v) is 9.91. The predicted octanol–water partition coefficient (Wildman–Crippen LogP) is 5.24. The SMILES string of the molecule is CCCC=CNC(C(=O)OCC)C1(C)CC(NC(=CCCC)C(=O)OCC)CC(C)(C)C1. The average Bonchev–Trinajstić information content (AvgIpc) is 2.69. The van der Waals surface area contributed by atoms with Crippen LogP contribution in [0.25, 0.3) is 0 Å². The Morgan fingerprint density at radius 2 is 1.66 bits per heavy atom. The standard InChI is InChI=1S/C26H46N2O4/c1-8-12-14-16-27-22(24(30)32-11-4)26(7)18-20(17-25(5,6)19-26)28-21(15-13-9-2)23(29)31-10-3/h14-16,20,22,27-28H,8-13,17-19H2,1-7H3. The molecule has 1 rings (SSSR count). The molecule has 0 aromatic heterocycles. The zero-order valence-corrected chi connectivity index (χ0v) is 21.4. The first kappa shape index (κ1) is 28.1. The number of hydrogen-bond acceptors (Lipinski definition) is 6. The Labute approximate surface area is 195 Å². The van der Waals surface area contributed by atoms with Crippen molar-refractivity contribution in [1.82, 2.24) is 10.6 Å². The van der Waals surface area contributed by atoms with Gasteiger partial charge in [0.25, 0.3) is 0 Å². The molecule has 2 N–H and O–H groups in total. The number of carbonyl (C=O) groups is 2. The van der Waals surface area contributed by atoms with Crippen molar-refractivity contribution in [3.05, 3.63) is 24.0 Å². The second kappa shape index (κ2) is 13.5. The molecule has 32 heavy (non-hydrogen) atoms. The molecule has 1 aliphatic rings. The van der Waals surface area contributed by atoms with Crippen molar-refractivity contribution in [2.75, 3.05) is 13.2 Å². The summed E-state index contributed by atoms with van der Waals surface area (Å²) in [6.45, 7) is 15.2. The molecule has 0 bridgehead atoms. The highest BCUT2D eigenvalue weighted by atomic mass is 16.5. The molecule has 6 heteroatoms. The van der Waals surface area contributed by atoms with Gasteiger partial charge < -0.3 is 20.1 Å². The van der Waals surface area contributed by atoms with Crippen LogP contribution >= 0.6 is 0 Å². The molecule has 184 valence electrons. The largest absolute Gasteiger partial charge is 0.464 e. The van der Waals surface area contributed by atoms with Crippen LogP contribution in [-0.4, -0.2) is 37.2 Å². The maximum atomic E-state index is 13.0. The molecule has 0 aliphatic heterocycles. The highest BCUT2D eigenvalue weighted by Crippen LogP contribution is 2.48. The summed E-state index contributed by atoms with van der Waals surface area (Å²) in [5.41, 5.74) is 0.184. The van der Waals surface area contributed by atoms with Crippen LogP contribution in [0.1, 0.15) is 93.4 Å². The number of allylic oxidation sites excluding steroid dienone is 2.